The molecule has 0 aliphatic carbocycles. The molecule has 31 heavy (non-hydrogen) atoms. The summed E-state index contributed by atoms with van der Waals surface area (Å²) in [6, 6.07) is 2.95. The number of methoxy groups -OCH3 is 1. The Balaban J connectivity index is 1.95. The van der Waals surface area contributed by atoms with E-state index in [4.69, 9.17) is 23.7 Å². The molecule has 2 aliphatic heterocycles. The zero-order valence-corrected chi connectivity index (χ0v) is 19.1. The second kappa shape index (κ2) is 9.77. The molecule has 0 N–H and O–H groups in total. The van der Waals surface area contributed by atoms with E-state index in [0.29, 0.717) is 24.7 Å². The molecule has 1 aromatic carbocycles. The largest absolute Gasteiger partial charge is 0.493 e. The molecule has 0 radical (unpaired) electrons. The Labute approximate surface area is 183 Å². The maximum Gasteiger partial charge on any atom is 0.411 e. The average Bonchev–Trinajstić information content (AvgIpc) is 2.72. The molecule has 0 saturated carbocycles. The summed E-state index contributed by atoms with van der Waals surface area (Å²) in [4.78, 5) is 27.1. The Morgan fingerprint density at radius 2 is 1.90 bits per heavy atom. The summed E-state index contributed by atoms with van der Waals surface area (Å²) in [5.41, 5.74) is 1.09. The van der Waals surface area contributed by atoms with Crippen molar-refractivity contribution in [3.05, 3.63) is 23.3 Å². The Hall–Kier alpha value is -2.48. The van der Waals surface area contributed by atoms with Crippen LogP contribution in [0.15, 0.2) is 12.1 Å². The van der Waals surface area contributed by atoms with Gasteiger partial charge in [-0.2, -0.15) is 0 Å². The Bertz CT molecular complexity index is 796. The molecule has 0 unspecified atom stereocenters. The molecule has 1 fully saturated rings. The van der Waals surface area contributed by atoms with Crippen LogP contribution in [0.4, 0.5) is 4.79 Å². The highest BCUT2D eigenvalue weighted by atomic mass is 16.6. The zero-order chi connectivity index (χ0) is 22.6. The predicted octanol–water partition coefficient (Wildman–Crippen LogP) is 3.48. The fraction of sp³-hybridized carbons (Fsp3) is 0.652. The van der Waals surface area contributed by atoms with Gasteiger partial charge < -0.3 is 23.7 Å². The summed E-state index contributed by atoms with van der Waals surface area (Å²) >= 11 is 0. The van der Waals surface area contributed by atoms with Crippen LogP contribution in [-0.4, -0.2) is 61.6 Å². The van der Waals surface area contributed by atoms with E-state index in [-0.39, 0.29) is 25.7 Å². The molecule has 2 aliphatic rings. The van der Waals surface area contributed by atoms with Gasteiger partial charge in [-0.05, 0) is 39.3 Å². The van der Waals surface area contributed by atoms with Crippen molar-refractivity contribution in [3.63, 3.8) is 0 Å². The van der Waals surface area contributed by atoms with Gasteiger partial charge in [-0.15, -0.1) is 0 Å². The van der Waals surface area contributed by atoms with E-state index in [9.17, 15) is 9.59 Å². The van der Waals surface area contributed by atoms with Gasteiger partial charge in [0.1, 0.15) is 17.7 Å². The minimum Gasteiger partial charge on any atom is -0.493 e. The molecule has 1 saturated heterocycles. The molecule has 0 spiro atoms. The number of fused-ring (bicyclic) bond motifs is 1. The molecular formula is C23H33NO7. The Morgan fingerprint density at radius 3 is 2.52 bits per heavy atom. The van der Waals surface area contributed by atoms with Crippen molar-refractivity contribution < 1.29 is 33.3 Å². The monoisotopic (exact) mass is 435 g/mol. The molecular weight excluding hydrogens is 402 g/mol. The Morgan fingerprint density at radius 1 is 1.19 bits per heavy atom. The summed E-state index contributed by atoms with van der Waals surface area (Å²) < 4.78 is 28.2. The summed E-state index contributed by atoms with van der Waals surface area (Å²) in [5, 5.41) is 0. The predicted molar refractivity (Wildman–Crippen MR) is 113 cm³/mol. The third-order valence-corrected chi connectivity index (χ3v) is 5.30. The topological polar surface area (TPSA) is 83.5 Å². The maximum absolute atomic E-state index is 12.9. The zero-order valence-electron chi connectivity index (χ0n) is 19.1. The standard InChI is InChI=1S/C23H33NO7/c1-6-29-21(25)18-13-17-15(14-24(18)22(26)31-23(2,3)4)7-8-19(27-5)20(17)30-16-9-11-28-12-10-16/h7-8,16,18H,6,9-14H2,1-5H3/t18-/m0/s1. The van der Waals surface area contributed by atoms with Gasteiger partial charge in [-0.25, -0.2) is 9.59 Å². The van der Waals surface area contributed by atoms with Crippen LogP contribution in [0.1, 0.15) is 51.7 Å². The van der Waals surface area contributed by atoms with E-state index in [1.807, 2.05) is 12.1 Å². The molecule has 172 valence electrons. The lowest BCUT2D eigenvalue weighted by atomic mass is 9.92. The van der Waals surface area contributed by atoms with Crippen LogP contribution >= 0.6 is 0 Å². The highest BCUT2D eigenvalue weighted by Crippen LogP contribution is 2.40. The number of esters is 1. The van der Waals surface area contributed by atoms with E-state index in [0.717, 1.165) is 24.0 Å². The first-order valence-electron chi connectivity index (χ1n) is 10.8. The van der Waals surface area contributed by atoms with Crippen LogP contribution in [0, 0.1) is 0 Å². The number of hydrogen-bond acceptors (Lipinski definition) is 7. The fourth-order valence-electron chi connectivity index (χ4n) is 3.83. The van der Waals surface area contributed by atoms with Gasteiger partial charge in [0.25, 0.3) is 0 Å². The number of amides is 1. The van der Waals surface area contributed by atoms with E-state index >= 15 is 0 Å². The number of ether oxygens (including phenoxy) is 5. The van der Waals surface area contributed by atoms with Crippen molar-refractivity contribution in [1.82, 2.24) is 4.90 Å². The van der Waals surface area contributed by atoms with E-state index < -0.39 is 23.7 Å². The molecule has 8 heteroatoms. The number of hydrogen-bond donors (Lipinski definition) is 0. The molecule has 0 aromatic heterocycles. The molecule has 1 amide bonds. The number of nitrogens with zero attached hydrogens (tertiary/aromatic N) is 1. The van der Waals surface area contributed by atoms with E-state index in [1.54, 1.807) is 34.8 Å². The van der Waals surface area contributed by atoms with Gasteiger partial charge in [0.2, 0.25) is 0 Å². The van der Waals surface area contributed by atoms with Crippen molar-refractivity contribution in [1.29, 1.82) is 0 Å². The van der Waals surface area contributed by atoms with Crippen LogP contribution < -0.4 is 9.47 Å². The first-order valence-corrected chi connectivity index (χ1v) is 10.8. The summed E-state index contributed by atoms with van der Waals surface area (Å²) in [7, 11) is 1.59. The van der Waals surface area contributed by atoms with E-state index in [1.165, 1.54) is 4.90 Å². The van der Waals surface area contributed by atoms with Gasteiger partial charge in [0.15, 0.2) is 11.5 Å². The molecule has 8 nitrogen and oxygen atoms in total. The third kappa shape index (κ3) is 5.61. The lowest BCUT2D eigenvalue weighted by Crippen LogP contribution is -2.51. The number of rotatable bonds is 5. The first kappa shape index (κ1) is 23.2. The van der Waals surface area contributed by atoms with Crippen molar-refractivity contribution in [3.8, 4) is 11.5 Å². The fourth-order valence-corrected chi connectivity index (χ4v) is 3.83. The second-order valence-electron chi connectivity index (χ2n) is 8.74. The quantitative estimate of drug-likeness (QED) is 0.655. The molecule has 3 rings (SSSR count). The summed E-state index contributed by atoms with van der Waals surface area (Å²) in [6.07, 6.45) is 1.32. The highest BCUT2D eigenvalue weighted by molar-refractivity contribution is 5.83. The lowest BCUT2D eigenvalue weighted by Gasteiger charge is -2.37. The normalized spacial score (nSPS) is 19.4. The van der Waals surface area contributed by atoms with Gasteiger partial charge in [-0.1, -0.05) is 6.07 Å². The number of carbonyl (C=O) groups is 2. The van der Waals surface area contributed by atoms with Crippen LogP contribution in [0.5, 0.6) is 11.5 Å². The minimum absolute atomic E-state index is 0.0130. The van der Waals surface area contributed by atoms with Gasteiger partial charge >= 0.3 is 12.1 Å². The van der Waals surface area contributed by atoms with Crippen molar-refractivity contribution in [2.75, 3.05) is 26.9 Å². The van der Waals surface area contributed by atoms with Crippen molar-refractivity contribution >= 4 is 12.1 Å². The van der Waals surface area contributed by atoms with Gasteiger partial charge in [0.05, 0.1) is 33.5 Å². The molecule has 2 heterocycles. The molecule has 0 bridgehead atoms. The van der Waals surface area contributed by atoms with Crippen molar-refractivity contribution in [2.45, 2.75) is 71.2 Å². The minimum atomic E-state index is -0.800. The van der Waals surface area contributed by atoms with Gasteiger partial charge in [0, 0.05) is 24.8 Å². The molecule has 1 aromatic rings. The third-order valence-electron chi connectivity index (χ3n) is 5.30. The highest BCUT2D eigenvalue weighted by Gasteiger charge is 2.40. The van der Waals surface area contributed by atoms with Crippen LogP contribution in [-0.2, 0) is 32.0 Å². The van der Waals surface area contributed by atoms with Crippen molar-refractivity contribution in [2.24, 2.45) is 0 Å². The number of carbonyl (C=O) groups excluding carboxylic acids is 2. The maximum atomic E-state index is 12.9. The van der Waals surface area contributed by atoms with Crippen LogP contribution in [0.3, 0.4) is 0 Å². The molecule has 1 atom stereocenters. The summed E-state index contributed by atoms with van der Waals surface area (Å²) in [5.74, 6) is 0.780. The average molecular weight is 436 g/mol. The summed E-state index contributed by atoms with van der Waals surface area (Å²) in [6.45, 7) is 8.90. The second-order valence-corrected chi connectivity index (χ2v) is 8.74. The lowest BCUT2D eigenvalue weighted by molar-refractivity contribution is -0.150. The Kier molecular flexibility index (Phi) is 7.30. The SMILES string of the molecule is CCOC(=O)[C@@H]1Cc2c(ccc(OC)c2OC2CCOCC2)CN1C(=O)OC(C)(C)C. The van der Waals surface area contributed by atoms with Gasteiger partial charge in [-0.3, -0.25) is 4.90 Å². The first-order chi connectivity index (χ1) is 14.7. The smallest absolute Gasteiger partial charge is 0.411 e. The number of benzene rings is 1. The van der Waals surface area contributed by atoms with Crippen LogP contribution in [0.25, 0.3) is 0 Å². The van der Waals surface area contributed by atoms with Crippen LogP contribution in [0.2, 0.25) is 0 Å². The van der Waals surface area contributed by atoms with E-state index in [2.05, 4.69) is 0 Å².